The van der Waals surface area contributed by atoms with E-state index in [-0.39, 0.29) is 10.6 Å². The summed E-state index contributed by atoms with van der Waals surface area (Å²) in [4.78, 5) is 12.0. The Hall–Kier alpha value is -2.43. The second-order valence-corrected chi connectivity index (χ2v) is 8.59. The normalized spacial score (nSPS) is 11.6. The van der Waals surface area contributed by atoms with E-state index in [0.29, 0.717) is 5.75 Å². The lowest BCUT2D eigenvalue weighted by Crippen LogP contribution is -2.36. The van der Waals surface area contributed by atoms with Crippen LogP contribution < -0.4 is 14.9 Å². The Balaban J connectivity index is 2.04. The summed E-state index contributed by atoms with van der Waals surface area (Å²) in [5.74, 6) is 0.113. The molecule has 0 saturated heterocycles. The molecular weight excluding hydrogens is 450 g/mol. The Kier molecular flexibility index (Phi) is 7.55. The van der Waals surface area contributed by atoms with Crippen molar-refractivity contribution in [1.82, 2.24) is 9.73 Å². The molecule has 0 heterocycles. The number of carbonyl (C=O) groups is 1. The predicted molar refractivity (Wildman–Crippen MR) is 109 cm³/mol. The van der Waals surface area contributed by atoms with Crippen LogP contribution >= 0.6 is 15.9 Å². The van der Waals surface area contributed by atoms with Crippen molar-refractivity contribution >= 4 is 38.1 Å². The second-order valence-electron chi connectivity index (χ2n) is 5.63. The molecule has 150 valence electrons. The zero-order chi connectivity index (χ0) is 20.7. The van der Waals surface area contributed by atoms with E-state index in [9.17, 15) is 13.2 Å². The molecule has 2 rings (SSSR count). The van der Waals surface area contributed by atoms with Crippen LogP contribution in [0.2, 0.25) is 0 Å². The Labute approximate surface area is 172 Å². The first-order chi connectivity index (χ1) is 13.3. The van der Waals surface area contributed by atoms with Gasteiger partial charge < -0.3 is 9.47 Å². The highest BCUT2D eigenvalue weighted by atomic mass is 79.9. The monoisotopic (exact) mass is 469 g/mol. The molecular formula is C18H20BrN3O5S. The van der Waals surface area contributed by atoms with Gasteiger partial charge in [0.2, 0.25) is 10.0 Å². The average Bonchev–Trinajstić information content (AvgIpc) is 2.67. The summed E-state index contributed by atoms with van der Waals surface area (Å²) in [6.07, 6.45) is 1.46. The zero-order valence-electron chi connectivity index (χ0n) is 15.5. The van der Waals surface area contributed by atoms with E-state index in [1.54, 1.807) is 0 Å². The quantitative estimate of drug-likeness (QED) is 0.472. The fourth-order valence-corrected chi connectivity index (χ4v) is 3.81. The third-order valence-electron chi connectivity index (χ3n) is 3.68. The lowest BCUT2D eigenvalue weighted by Gasteiger charge is -2.17. The van der Waals surface area contributed by atoms with Gasteiger partial charge in [0.15, 0.2) is 11.5 Å². The van der Waals surface area contributed by atoms with Crippen LogP contribution in [0.15, 0.2) is 56.9 Å². The van der Waals surface area contributed by atoms with Crippen molar-refractivity contribution in [2.75, 3.05) is 27.8 Å². The molecule has 10 heteroatoms. The Morgan fingerprint density at radius 2 is 1.89 bits per heavy atom. The largest absolute Gasteiger partial charge is 0.493 e. The number of amides is 1. The van der Waals surface area contributed by atoms with Crippen LogP contribution in [0.5, 0.6) is 11.5 Å². The number of hydrogen-bond donors (Lipinski definition) is 1. The molecule has 0 aromatic heterocycles. The molecule has 0 radical (unpaired) electrons. The second kappa shape index (κ2) is 9.67. The summed E-state index contributed by atoms with van der Waals surface area (Å²) < 4.78 is 37.4. The van der Waals surface area contributed by atoms with E-state index in [4.69, 9.17) is 9.47 Å². The number of nitrogens with zero attached hydrogens (tertiary/aromatic N) is 2. The van der Waals surface area contributed by atoms with E-state index < -0.39 is 22.5 Å². The van der Waals surface area contributed by atoms with Crippen LogP contribution in [-0.4, -0.2) is 52.7 Å². The third kappa shape index (κ3) is 5.54. The molecule has 0 bridgehead atoms. The number of hydrazone groups is 1. The first-order valence-electron chi connectivity index (χ1n) is 8.03. The van der Waals surface area contributed by atoms with Gasteiger partial charge in [-0.15, -0.1) is 0 Å². The molecule has 0 spiro atoms. The molecule has 2 aromatic carbocycles. The van der Waals surface area contributed by atoms with Crippen molar-refractivity contribution in [3.05, 3.63) is 52.5 Å². The Morgan fingerprint density at radius 1 is 1.18 bits per heavy atom. The van der Waals surface area contributed by atoms with Gasteiger partial charge in [0.05, 0.1) is 31.9 Å². The number of rotatable bonds is 8. The van der Waals surface area contributed by atoms with Crippen LogP contribution in [0.3, 0.4) is 0 Å². The number of carbonyl (C=O) groups excluding carboxylic acids is 1. The van der Waals surface area contributed by atoms with Gasteiger partial charge in [-0.05, 0) is 29.8 Å². The summed E-state index contributed by atoms with van der Waals surface area (Å²) in [6, 6.07) is 11.5. The molecule has 0 aliphatic carbocycles. The van der Waals surface area contributed by atoms with Gasteiger partial charge >= 0.3 is 0 Å². The van der Waals surface area contributed by atoms with Gasteiger partial charge in [-0.25, -0.2) is 13.8 Å². The molecule has 1 amide bonds. The smallest absolute Gasteiger partial charge is 0.255 e. The fourth-order valence-electron chi connectivity index (χ4n) is 2.25. The van der Waals surface area contributed by atoms with Gasteiger partial charge in [-0.3, -0.25) is 4.79 Å². The number of likely N-dealkylation sites (N-methyl/N-ethyl adjacent to an activating group) is 1. The van der Waals surface area contributed by atoms with Crippen LogP contribution in [0.25, 0.3) is 0 Å². The summed E-state index contributed by atoms with van der Waals surface area (Å²) in [5.41, 5.74) is 3.09. The van der Waals surface area contributed by atoms with Crippen LogP contribution in [-0.2, 0) is 14.8 Å². The highest BCUT2D eigenvalue weighted by Crippen LogP contribution is 2.30. The van der Waals surface area contributed by atoms with Crippen molar-refractivity contribution in [3.8, 4) is 11.5 Å². The van der Waals surface area contributed by atoms with E-state index in [2.05, 4.69) is 26.5 Å². The van der Waals surface area contributed by atoms with Crippen LogP contribution in [0, 0.1) is 0 Å². The maximum absolute atomic E-state index is 12.7. The van der Waals surface area contributed by atoms with Crippen molar-refractivity contribution in [2.45, 2.75) is 4.90 Å². The lowest BCUT2D eigenvalue weighted by molar-refractivity contribution is -0.121. The molecule has 0 fully saturated rings. The Bertz CT molecular complexity index is 979. The molecule has 8 nitrogen and oxygen atoms in total. The minimum Gasteiger partial charge on any atom is -0.493 e. The molecule has 0 saturated carbocycles. The van der Waals surface area contributed by atoms with Gasteiger partial charge in [-0.2, -0.15) is 9.41 Å². The molecule has 0 atom stereocenters. The maximum atomic E-state index is 12.7. The minimum absolute atomic E-state index is 0.0157. The fraction of sp³-hybridized carbons (Fsp3) is 0.222. The molecule has 28 heavy (non-hydrogen) atoms. The highest BCUT2D eigenvalue weighted by molar-refractivity contribution is 9.10. The zero-order valence-corrected chi connectivity index (χ0v) is 18.0. The SMILES string of the molecule is COc1ccc(S(=O)(=O)N(C)CC(=O)N/N=C\c2cccc(Br)c2)cc1OC. The summed E-state index contributed by atoms with van der Waals surface area (Å²) in [6.45, 7) is -0.396. The number of sulfonamides is 1. The molecule has 0 aliphatic heterocycles. The van der Waals surface area contributed by atoms with Gasteiger partial charge in [0.1, 0.15) is 0 Å². The molecule has 0 aliphatic rings. The molecule has 2 aromatic rings. The first-order valence-corrected chi connectivity index (χ1v) is 10.3. The maximum Gasteiger partial charge on any atom is 0.255 e. The number of benzene rings is 2. The summed E-state index contributed by atoms with van der Waals surface area (Å²) >= 11 is 3.34. The standard InChI is InChI=1S/C18H20BrN3O5S/c1-22(12-18(23)21-20-11-13-5-4-6-14(19)9-13)28(24,25)15-7-8-16(26-2)17(10-15)27-3/h4-11H,12H2,1-3H3,(H,21,23)/b20-11-. The minimum atomic E-state index is -3.90. The topological polar surface area (TPSA) is 97.3 Å². The van der Waals surface area contributed by atoms with Gasteiger partial charge in [-0.1, -0.05) is 28.1 Å². The molecule has 1 N–H and O–H groups in total. The van der Waals surface area contributed by atoms with Crippen molar-refractivity contribution < 1.29 is 22.7 Å². The first kappa shape index (κ1) is 21.9. The van der Waals surface area contributed by atoms with E-state index >= 15 is 0 Å². The van der Waals surface area contributed by atoms with Crippen LogP contribution in [0.4, 0.5) is 0 Å². The van der Waals surface area contributed by atoms with Gasteiger partial charge in [0, 0.05) is 17.6 Å². The summed E-state index contributed by atoms with van der Waals surface area (Å²) in [7, 11) is 0.281. The van der Waals surface area contributed by atoms with E-state index in [1.807, 2.05) is 24.3 Å². The average molecular weight is 470 g/mol. The van der Waals surface area contributed by atoms with Crippen molar-refractivity contribution in [1.29, 1.82) is 0 Å². The number of halogens is 1. The lowest BCUT2D eigenvalue weighted by atomic mass is 10.2. The summed E-state index contributed by atoms with van der Waals surface area (Å²) in [5, 5.41) is 3.84. The van der Waals surface area contributed by atoms with Crippen molar-refractivity contribution in [2.24, 2.45) is 5.10 Å². The van der Waals surface area contributed by atoms with Gasteiger partial charge in [0.25, 0.3) is 5.91 Å². The van der Waals surface area contributed by atoms with Crippen LogP contribution in [0.1, 0.15) is 5.56 Å². The Morgan fingerprint density at radius 3 is 2.54 bits per heavy atom. The number of methoxy groups -OCH3 is 2. The third-order valence-corrected chi connectivity index (χ3v) is 5.97. The predicted octanol–water partition coefficient (Wildman–Crippen LogP) is 2.24. The number of nitrogens with one attached hydrogen (secondary N) is 1. The van der Waals surface area contributed by atoms with E-state index in [0.717, 1.165) is 14.3 Å². The van der Waals surface area contributed by atoms with E-state index in [1.165, 1.54) is 45.7 Å². The van der Waals surface area contributed by atoms with Crippen molar-refractivity contribution in [3.63, 3.8) is 0 Å². The highest BCUT2D eigenvalue weighted by Gasteiger charge is 2.24. The molecule has 0 unspecified atom stereocenters. The number of hydrogen-bond acceptors (Lipinski definition) is 6. The number of ether oxygens (including phenoxy) is 2.